The Balaban J connectivity index is 1.59. The first-order valence-corrected chi connectivity index (χ1v) is 10.4. The quantitative estimate of drug-likeness (QED) is 0.528. The normalized spacial score (nSPS) is 14.3. The zero-order valence-corrected chi connectivity index (χ0v) is 17.3. The summed E-state index contributed by atoms with van der Waals surface area (Å²) in [7, 11) is 0. The van der Waals surface area contributed by atoms with Crippen LogP contribution in [0.25, 0.3) is 22.4 Å². The maximum Gasteiger partial charge on any atom is 0.162 e. The smallest absolute Gasteiger partial charge is 0.162 e. The topological polar surface area (TPSA) is 102 Å². The molecule has 1 aliphatic rings. The maximum absolute atomic E-state index is 9.93. The van der Waals surface area contributed by atoms with Crippen molar-refractivity contribution in [2.45, 2.75) is 19.9 Å². The lowest BCUT2D eigenvalue weighted by Crippen LogP contribution is -2.37. The second-order valence-electron chi connectivity index (χ2n) is 7.49. The van der Waals surface area contributed by atoms with Crippen molar-refractivity contribution < 1.29 is 9.84 Å². The summed E-state index contributed by atoms with van der Waals surface area (Å²) >= 11 is 0. The summed E-state index contributed by atoms with van der Waals surface area (Å²) < 4.78 is 7.31. The number of aromatic nitrogens is 6. The molecule has 0 unspecified atom stereocenters. The van der Waals surface area contributed by atoms with E-state index in [-0.39, 0.29) is 5.75 Å². The van der Waals surface area contributed by atoms with Crippen LogP contribution in [0.1, 0.15) is 18.2 Å². The molecule has 158 valence electrons. The molecular weight excluding hydrogens is 394 g/mol. The molecule has 0 atom stereocenters. The van der Waals surface area contributed by atoms with Gasteiger partial charge in [-0.1, -0.05) is 24.3 Å². The number of fused-ring (bicyclic) bond motifs is 1. The van der Waals surface area contributed by atoms with E-state index in [9.17, 15) is 5.11 Å². The number of anilines is 1. The molecule has 1 saturated heterocycles. The summed E-state index contributed by atoms with van der Waals surface area (Å²) in [5.74, 6) is 1.52. The minimum absolute atomic E-state index is 0.180. The third-order valence-corrected chi connectivity index (χ3v) is 5.28. The molecule has 1 aliphatic heterocycles. The molecule has 31 heavy (non-hydrogen) atoms. The fourth-order valence-corrected chi connectivity index (χ4v) is 3.67. The standard InChI is InChI=1S/C22H23N7O2/c1-2-17-14-29(27-26-17)13-15-10-19-20(23-12-15)22(28-6-8-31-9-7-28)25-21(24-19)16-4-3-5-18(30)11-16/h3-5,10-12,14,30H,2,6-9,13H2,1H3. The van der Waals surface area contributed by atoms with Crippen molar-refractivity contribution in [3.63, 3.8) is 0 Å². The molecule has 1 fully saturated rings. The van der Waals surface area contributed by atoms with E-state index in [2.05, 4.69) is 22.1 Å². The lowest BCUT2D eigenvalue weighted by atomic mass is 10.2. The second kappa shape index (κ2) is 8.27. The monoisotopic (exact) mass is 417 g/mol. The van der Waals surface area contributed by atoms with Crippen molar-refractivity contribution in [1.82, 2.24) is 29.9 Å². The molecule has 1 aromatic carbocycles. The molecule has 4 heterocycles. The third-order valence-electron chi connectivity index (χ3n) is 5.28. The van der Waals surface area contributed by atoms with E-state index in [0.717, 1.165) is 53.2 Å². The van der Waals surface area contributed by atoms with Crippen molar-refractivity contribution >= 4 is 16.9 Å². The zero-order valence-electron chi connectivity index (χ0n) is 17.3. The van der Waals surface area contributed by atoms with E-state index in [1.54, 1.807) is 18.2 Å². The Kier molecular flexibility index (Phi) is 5.17. The molecule has 9 heteroatoms. The number of morpholine rings is 1. The van der Waals surface area contributed by atoms with Gasteiger partial charge in [-0.3, -0.25) is 4.98 Å². The van der Waals surface area contributed by atoms with Crippen LogP contribution < -0.4 is 4.90 Å². The van der Waals surface area contributed by atoms with Crippen molar-refractivity contribution in [2.24, 2.45) is 0 Å². The van der Waals surface area contributed by atoms with Gasteiger partial charge >= 0.3 is 0 Å². The predicted molar refractivity (Wildman–Crippen MR) is 116 cm³/mol. The lowest BCUT2D eigenvalue weighted by Gasteiger charge is -2.28. The number of nitrogens with zero attached hydrogens (tertiary/aromatic N) is 7. The van der Waals surface area contributed by atoms with Crippen LogP contribution in [-0.2, 0) is 17.7 Å². The number of ether oxygens (including phenoxy) is 1. The number of phenols is 1. The number of pyridine rings is 1. The van der Waals surface area contributed by atoms with Crippen molar-refractivity contribution in [3.05, 3.63) is 54.0 Å². The first-order chi connectivity index (χ1) is 15.2. The van der Waals surface area contributed by atoms with Gasteiger partial charge in [0, 0.05) is 31.0 Å². The zero-order chi connectivity index (χ0) is 21.2. The molecule has 1 N–H and O–H groups in total. The second-order valence-corrected chi connectivity index (χ2v) is 7.49. The maximum atomic E-state index is 9.93. The van der Waals surface area contributed by atoms with E-state index < -0.39 is 0 Å². The van der Waals surface area contributed by atoms with Crippen LogP contribution in [-0.4, -0.2) is 61.4 Å². The highest BCUT2D eigenvalue weighted by atomic mass is 16.5. The van der Waals surface area contributed by atoms with Crippen LogP contribution in [0.3, 0.4) is 0 Å². The highest BCUT2D eigenvalue weighted by Crippen LogP contribution is 2.28. The SMILES string of the molecule is CCc1cn(Cc2cnc3c(N4CCOCC4)nc(-c4cccc(O)c4)nc3c2)nn1. The lowest BCUT2D eigenvalue weighted by molar-refractivity contribution is 0.122. The number of phenolic OH excluding ortho intramolecular Hbond substituents is 1. The average Bonchev–Trinajstić information content (AvgIpc) is 3.26. The largest absolute Gasteiger partial charge is 0.508 e. The molecule has 0 saturated carbocycles. The Labute approximate surface area is 179 Å². The first kappa shape index (κ1) is 19.4. The molecule has 4 aromatic rings. The summed E-state index contributed by atoms with van der Waals surface area (Å²) in [4.78, 5) is 16.5. The number of hydrogen-bond donors (Lipinski definition) is 1. The summed E-state index contributed by atoms with van der Waals surface area (Å²) in [6, 6.07) is 9.01. The van der Waals surface area contributed by atoms with Crippen LogP contribution in [0, 0.1) is 0 Å². The highest BCUT2D eigenvalue weighted by molar-refractivity contribution is 5.88. The van der Waals surface area contributed by atoms with Gasteiger partial charge in [0.2, 0.25) is 0 Å². The molecule has 0 bridgehead atoms. The van der Waals surface area contributed by atoms with Gasteiger partial charge in [-0.25, -0.2) is 14.6 Å². The molecule has 0 aliphatic carbocycles. The van der Waals surface area contributed by atoms with Crippen LogP contribution in [0.5, 0.6) is 5.75 Å². The van der Waals surface area contributed by atoms with Crippen molar-refractivity contribution in [3.8, 4) is 17.1 Å². The van der Waals surface area contributed by atoms with Crippen molar-refractivity contribution in [2.75, 3.05) is 31.2 Å². The van der Waals surface area contributed by atoms with Gasteiger partial charge in [0.25, 0.3) is 0 Å². The fourth-order valence-electron chi connectivity index (χ4n) is 3.67. The summed E-state index contributed by atoms with van der Waals surface area (Å²) in [6.07, 6.45) is 4.64. The van der Waals surface area contributed by atoms with E-state index in [0.29, 0.717) is 25.6 Å². The molecule has 0 radical (unpaired) electrons. The fraction of sp³-hybridized carbons (Fsp3) is 0.318. The number of aromatic hydroxyl groups is 1. The third kappa shape index (κ3) is 4.04. The van der Waals surface area contributed by atoms with E-state index in [4.69, 9.17) is 19.7 Å². The molecule has 0 spiro atoms. The van der Waals surface area contributed by atoms with E-state index in [1.807, 2.05) is 29.2 Å². The summed E-state index contributed by atoms with van der Waals surface area (Å²) in [5, 5.41) is 18.3. The number of hydrogen-bond acceptors (Lipinski definition) is 8. The number of rotatable bonds is 5. The average molecular weight is 417 g/mol. The summed E-state index contributed by atoms with van der Waals surface area (Å²) in [6.45, 7) is 5.41. The Morgan fingerprint density at radius 1 is 1.13 bits per heavy atom. The molecule has 3 aromatic heterocycles. The molecule has 9 nitrogen and oxygen atoms in total. The Morgan fingerprint density at radius 3 is 2.77 bits per heavy atom. The Bertz CT molecular complexity index is 1220. The summed E-state index contributed by atoms with van der Waals surface area (Å²) in [5.41, 5.74) is 4.20. The molecule has 0 amide bonds. The van der Waals surface area contributed by atoms with Gasteiger partial charge in [-0.15, -0.1) is 5.10 Å². The van der Waals surface area contributed by atoms with Crippen LogP contribution >= 0.6 is 0 Å². The van der Waals surface area contributed by atoms with Gasteiger partial charge in [0.05, 0.1) is 31.0 Å². The van der Waals surface area contributed by atoms with Crippen LogP contribution in [0.4, 0.5) is 5.82 Å². The van der Waals surface area contributed by atoms with Gasteiger partial charge in [0.1, 0.15) is 11.3 Å². The Morgan fingerprint density at radius 2 is 2.00 bits per heavy atom. The Hall–Kier alpha value is -3.59. The van der Waals surface area contributed by atoms with Gasteiger partial charge in [-0.05, 0) is 30.2 Å². The van der Waals surface area contributed by atoms with E-state index in [1.165, 1.54) is 0 Å². The first-order valence-electron chi connectivity index (χ1n) is 10.4. The highest BCUT2D eigenvalue weighted by Gasteiger charge is 2.19. The minimum atomic E-state index is 0.180. The van der Waals surface area contributed by atoms with Crippen molar-refractivity contribution in [1.29, 1.82) is 0 Å². The number of benzene rings is 1. The van der Waals surface area contributed by atoms with Gasteiger partial charge < -0.3 is 14.7 Å². The van der Waals surface area contributed by atoms with Crippen LogP contribution in [0.15, 0.2) is 42.7 Å². The minimum Gasteiger partial charge on any atom is -0.508 e. The molecule has 5 rings (SSSR count). The number of aryl methyl sites for hydroxylation is 1. The predicted octanol–water partition coefficient (Wildman–Crippen LogP) is 2.44. The molecular formula is C22H23N7O2. The van der Waals surface area contributed by atoms with E-state index >= 15 is 0 Å². The van der Waals surface area contributed by atoms with Gasteiger partial charge in [-0.2, -0.15) is 0 Å². The van der Waals surface area contributed by atoms with Gasteiger partial charge in [0.15, 0.2) is 11.6 Å². The van der Waals surface area contributed by atoms with Crippen LogP contribution in [0.2, 0.25) is 0 Å².